The number of rotatable bonds is 6. The van der Waals surface area contributed by atoms with Crippen LogP contribution in [0.15, 0.2) is 48.5 Å². The first-order valence-corrected chi connectivity index (χ1v) is 8.63. The number of ether oxygens (including phenoxy) is 1. The van der Waals surface area contributed by atoms with Gasteiger partial charge in [-0.05, 0) is 35.2 Å². The molecule has 0 atom stereocenters. The van der Waals surface area contributed by atoms with Crippen LogP contribution < -0.4 is 15.4 Å². The first-order valence-electron chi connectivity index (χ1n) is 8.63. The fourth-order valence-corrected chi connectivity index (χ4v) is 2.49. The molecule has 2 N–H and O–H groups in total. The zero-order valence-electron chi connectivity index (χ0n) is 15.8. The Morgan fingerprint density at radius 3 is 2.27 bits per heavy atom. The fraction of sp³-hybridized carbons (Fsp3) is 0.333. The number of carbonyl (C=O) groups is 2. The summed E-state index contributed by atoms with van der Waals surface area (Å²) in [5.41, 5.74) is 2.48. The molecule has 2 amide bonds. The van der Waals surface area contributed by atoms with E-state index in [1.807, 2.05) is 24.3 Å². The molecular formula is C21H26N2O3. The molecule has 138 valence electrons. The van der Waals surface area contributed by atoms with Crippen LogP contribution in [0.1, 0.15) is 43.1 Å². The number of carbonyl (C=O) groups excluding carboxylic acids is 2. The average molecular weight is 354 g/mol. The highest BCUT2D eigenvalue weighted by Crippen LogP contribution is 2.23. The van der Waals surface area contributed by atoms with Crippen LogP contribution >= 0.6 is 0 Å². The maximum absolute atomic E-state index is 12.2. The zero-order chi connectivity index (χ0) is 19.2. The Morgan fingerprint density at radius 1 is 1.00 bits per heavy atom. The molecule has 0 unspecified atom stereocenters. The second-order valence-electron chi connectivity index (χ2n) is 7.08. The number of para-hydroxylation sites is 1. The molecule has 0 saturated carbocycles. The molecule has 0 heterocycles. The van der Waals surface area contributed by atoms with Gasteiger partial charge in [0.25, 0.3) is 5.91 Å². The average Bonchev–Trinajstić information content (AvgIpc) is 2.61. The minimum atomic E-state index is -0.259. The molecule has 0 saturated heterocycles. The molecule has 0 aliphatic carbocycles. The van der Waals surface area contributed by atoms with Crippen LogP contribution in [0.4, 0.5) is 5.69 Å². The van der Waals surface area contributed by atoms with Crippen LogP contribution in [0.2, 0.25) is 0 Å². The van der Waals surface area contributed by atoms with Crippen molar-refractivity contribution in [2.24, 2.45) is 0 Å². The standard InChI is InChI=1S/C21H26N2O3/c1-21(2,3)15-9-11-16(12-10-15)23-19(24)13-14-22-20(25)17-7-5-6-8-18(17)26-4/h5-12H,13-14H2,1-4H3,(H,22,25)(H,23,24). The van der Waals surface area contributed by atoms with Crippen LogP contribution in [0.5, 0.6) is 5.75 Å². The first-order chi connectivity index (χ1) is 12.3. The number of nitrogens with one attached hydrogen (secondary N) is 2. The smallest absolute Gasteiger partial charge is 0.255 e. The highest BCUT2D eigenvalue weighted by molar-refractivity contribution is 5.97. The van der Waals surface area contributed by atoms with E-state index in [4.69, 9.17) is 4.74 Å². The Morgan fingerprint density at radius 2 is 1.65 bits per heavy atom. The number of hydrogen-bond acceptors (Lipinski definition) is 3. The summed E-state index contributed by atoms with van der Waals surface area (Å²) in [6.45, 7) is 6.68. The minimum Gasteiger partial charge on any atom is -0.496 e. The lowest BCUT2D eigenvalue weighted by Gasteiger charge is -2.19. The van der Waals surface area contributed by atoms with Gasteiger partial charge in [-0.15, -0.1) is 0 Å². The van der Waals surface area contributed by atoms with Crippen molar-refractivity contribution in [3.05, 3.63) is 59.7 Å². The van der Waals surface area contributed by atoms with E-state index in [1.165, 1.54) is 12.7 Å². The van der Waals surface area contributed by atoms with E-state index in [0.29, 0.717) is 11.3 Å². The second kappa shape index (κ2) is 8.52. The SMILES string of the molecule is COc1ccccc1C(=O)NCCC(=O)Nc1ccc(C(C)(C)C)cc1. The third-order valence-electron chi connectivity index (χ3n) is 4.02. The quantitative estimate of drug-likeness (QED) is 0.830. The van der Waals surface area contributed by atoms with Crippen LogP contribution in [0.25, 0.3) is 0 Å². The lowest BCUT2D eigenvalue weighted by Crippen LogP contribution is -2.28. The van der Waals surface area contributed by atoms with E-state index < -0.39 is 0 Å². The third-order valence-corrected chi connectivity index (χ3v) is 4.02. The normalized spacial score (nSPS) is 10.9. The maximum atomic E-state index is 12.2. The van der Waals surface area contributed by atoms with Gasteiger partial charge in [0.1, 0.15) is 5.75 Å². The van der Waals surface area contributed by atoms with Gasteiger partial charge < -0.3 is 15.4 Å². The molecule has 0 spiro atoms. The van der Waals surface area contributed by atoms with Crippen LogP contribution in [-0.2, 0) is 10.2 Å². The van der Waals surface area contributed by atoms with Gasteiger partial charge in [-0.25, -0.2) is 0 Å². The van der Waals surface area contributed by atoms with Crippen molar-refractivity contribution in [1.29, 1.82) is 0 Å². The molecule has 2 aromatic rings. The molecule has 0 bridgehead atoms. The molecule has 0 radical (unpaired) electrons. The summed E-state index contributed by atoms with van der Waals surface area (Å²) in [5, 5.41) is 5.58. The monoisotopic (exact) mass is 354 g/mol. The predicted octanol–water partition coefficient (Wildman–Crippen LogP) is 3.75. The number of hydrogen-bond donors (Lipinski definition) is 2. The summed E-state index contributed by atoms with van der Waals surface area (Å²) in [4.78, 5) is 24.2. The van der Waals surface area contributed by atoms with Crippen molar-refractivity contribution < 1.29 is 14.3 Å². The number of methoxy groups -OCH3 is 1. The second-order valence-corrected chi connectivity index (χ2v) is 7.08. The van der Waals surface area contributed by atoms with Gasteiger partial charge in [0.15, 0.2) is 0 Å². The zero-order valence-corrected chi connectivity index (χ0v) is 15.8. The van der Waals surface area contributed by atoms with E-state index >= 15 is 0 Å². The number of amides is 2. The highest BCUT2D eigenvalue weighted by atomic mass is 16.5. The fourth-order valence-electron chi connectivity index (χ4n) is 2.49. The largest absolute Gasteiger partial charge is 0.496 e. The van der Waals surface area contributed by atoms with Gasteiger partial charge in [-0.3, -0.25) is 9.59 Å². The van der Waals surface area contributed by atoms with E-state index in [-0.39, 0.29) is 30.2 Å². The van der Waals surface area contributed by atoms with Crippen molar-refractivity contribution >= 4 is 17.5 Å². The summed E-state index contributed by atoms with van der Waals surface area (Å²) in [6, 6.07) is 14.8. The van der Waals surface area contributed by atoms with E-state index in [0.717, 1.165) is 5.69 Å². The highest BCUT2D eigenvalue weighted by Gasteiger charge is 2.14. The van der Waals surface area contributed by atoms with Crippen molar-refractivity contribution in [2.75, 3.05) is 19.0 Å². The van der Waals surface area contributed by atoms with Gasteiger partial charge in [0, 0.05) is 18.7 Å². The van der Waals surface area contributed by atoms with Crippen LogP contribution in [0, 0.1) is 0 Å². The molecule has 0 aliphatic rings. The van der Waals surface area contributed by atoms with Crippen molar-refractivity contribution in [2.45, 2.75) is 32.6 Å². The molecule has 0 aliphatic heterocycles. The Bertz CT molecular complexity index is 762. The molecule has 0 aromatic heterocycles. The van der Waals surface area contributed by atoms with Crippen molar-refractivity contribution in [3.8, 4) is 5.75 Å². The summed E-state index contributed by atoms with van der Waals surface area (Å²) in [6.07, 6.45) is 0.196. The molecule has 0 fully saturated rings. The molecular weight excluding hydrogens is 328 g/mol. The lowest BCUT2D eigenvalue weighted by molar-refractivity contribution is -0.116. The first kappa shape index (κ1) is 19.5. The van der Waals surface area contributed by atoms with Crippen LogP contribution in [0.3, 0.4) is 0 Å². The molecule has 5 nitrogen and oxygen atoms in total. The summed E-state index contributed by atoms with van der Waals surface area (Å²) in [7, 11) is 1.52. The Hall–Kier alpha value is -2.82. The van der Waals surface area contributed by atoms with E-state index in [1.54, 1.807) is 24.3 Å². The molecule has 2 aromatic carbocycles. The number of benzene rings is 2. The van der Waals surface area contributed by atoms with Crippen molar-refractivity contribution in [1.82, 2.24) is 5.32 Å². The van der Waals surface area contributed by atoms with Gasteiger partial charge in [-0.1, -0.05) is 45.0 Å². The third kappa shape index (κ3) is 5.34. The van der Waals surface area contributed by atoms with E-state index in [9.17, 15) is 9.59 Å². The molecule has 2 rings (SSSR count). The topological polar surface area (TPSA) is 67.4 Å². The van der Waals surface area contributed by atoms with Gasteiger partial charge in [-0.2, -0.15) is 0 Å². The predicted molar refractivity (Wildman–Crippen MR) is 104 cm³/mol. The number of anilines is 1. The Balaban J connectivity index is 1.83. The lowest BCUT2D eigenvalue weighted by atomic mass is 9.87. The minimum absolute atomic E-state index is 0.0747. The Kier molecular flexibility index (Phi) is 6.39. The van der Waals surface area contributed by atoms with Gasteiger partial charge in [0.05, 0.1) is 12.7 Å². The van der Waals surface area contributed by atoms with Gasteiger partial charge >= 0.3 is 0 Å². The van der Waals surface area contributed by atoms with Crippen LogP contribution in [-0.4, -0.2) is 25.5 Å². The molecule has 26 heavy (non-hydrogen) atoms. The Labute approximate surface area is 154 Å². The van der Waals surface area contributed by atoms with Gasteiger partial charge in [0.2, 0.25) is 5.91 Å². The van der Waals surface area contributed by atoms with E-state index in [2.05, 4.69) is 31.4 Å². The maximum Gasteiger partial charge on any atom is 0.255 e. The summed E-state index contributed by atoms with van der Waals surface area (Å²) in [5.74, 6) is 0.104. The summed E-state index contributed by atoms with van der Waals surface area (Å²) < 4.78 is 5.17. The molecule has 5 heteroatoms. The summed E-state index contributed by atoms with van der Waals surface area (Å²) >= 11 is 0. The van der Waals surface area contributed by atoms with Crippen molar-refractivity contribution in [3.63, 3.8) is 0 Å².